The van der Waals surface area contributed by atoms with Gasteiger partial charge in [0.05, 0.1) is 19.9 Å². The summed E-state index contributed by atoms with van der Waals surface area (Å²) >= 11 is 0. The average molecular weight is 528 g/mol. The van der Waals surface area contributed by atoms with Crippen molar-refractivity contribution >= 4 is 35.8 Å². The second-order valence-corrected chi connectivity index (χ2v) is 6.52. The van der Waals surface area contributed by atoms with Gasteiger partial charge < -0.3 is 29.0 Å². The average Bonchev–Trinajstić information content (AvgIpc) is 3.31. The number of aliphatic imine (C=N–C) groups is 1. The number of nitrogens with zero attached hydrogens (tertiary/aromatic N) is 3. The summed E-state index contributed by atoms with van der Waals surface area (Å²) in [5, 5.41) is 3.32. The first-order chi connectivity index (χ1) is 14.2. The van der Waals surface area contributed by atoms with E-state index in [0.717, 1.165) is 37.1 Å². The zero-order chi connectivity index (χ0) is 20.5. The molecule has 1 aromatic heterocycles. The highest BCUT2D eigenvalue weighted by Crippen LogP contribution is 2.16. The molecule has 0 saturated carbocycles. The molecule has 1 amide bonds. The van der Waals surface area contributed by atoms with Crippen LogP contribution < -0.4 is 14.8 Å². The van der Waals surface area contributed by atoms with Gasteiger partial charge in [0.15, 0.2) is 11.7 Å². The van der Waals surface area contributed by atoms with Gasteiger partial charge in [-0.25, -0.2) is 4.99 Å². The third-order valence-corrected chi connectivity index (χ3v) is 4.61. The van der Waals surface area contributed by atoms with Gasteiger partial charge in [0, 0.05) is 32.7 Å². The molecule has 0 atom stereocenters. The van der Waals surface area contributed by atoms with Crippen molar-refractivity contribution in [3.8, 4) is 11.5 Å². The summed E-state index contributed by atoms with van der Waals surface area (Å²) in [6, 6.07) is 10.9. The second kappa shape index (κ2) is 12.3. The minimum atomic E-state index is -0.0653. The Labute approximate surface area is 194 Å². The predicted octanol–water partition coefficient (Wildman–Crippen LogP) is 2.71. The first-order valence-corrected chi connectivity index (χ1v) is 9.84. The van der Waals surface area contributed by atoms with Crippen molar-refractivity contribution in [2.75, 3.05) is 53.0 Å². The zero-order valence-electron chi connectivity index (χ0n) is 17.4. The van der Waals surface area contributed by atoms with Crippen molar-refractivity contribution in [1.29, 1.82) is 0 Å². The maximum atomic E-state index is 12.4. The number of benzene rings is 1. The van der Waals surface area contributed by atoms with Gasteiger partial charge in [-0.2, -0.15) is 0 Å². The van der Waals surface area contributed by atoms with Crippen LogP contribution in [-0.2, 0) is 0 Å². The first kappa shape index (κ1) is 23.8. The maximum absolute atomic E-state index is 12.4. The lowest BCUT2D eigenvalue weighted by Crippen LogP contribution is -2.53. The fourth-order valence-electron chi connectivity index (χ4n) is 3.09. The minimum absolute atomic E-state index is 0. The molecule has 164 valence electrons. The summed E-state index contributed by atoms with van der Waals surface area (Å²) in [5.74, 6) is 2.75. The molecule has 2 heterocycles. The van der Waals surface area contributed by atoms with E-state index < -0.39 is 0 Å². The fraction of sp³-hybridized carbons (Fsp3) is 0.429. The quantitative estimate of drug-likeness (QED) is 0.258. The maximum Gasteiger partial charge on any atom is 0.289 e. The molecule has 0 spiro atoms. The van der Waals surface area contributed by atoms with Crippen LogP contribution in [0.25, 0.3) is 0 Å². The Morgan fingerprint density at radius 1 is 1.10 bits per heavy atom. The van der Waals surface area contributed by atoms with E-state index in [1.807, 2.05) is 36.1 Å². The summed E-state index contributed by atoms with van der Waals surface area (Å²) < 4.78 is 16.1. The number of ether oxygens (including phenoxy) is 2. The highest BCUT2D eigenvalue weighted by Gasteiger charge is 2.25. The Hall–Kier alpha value is -2.43. The third kappa shape index (κ3) is 6.54. The Kier molecular flexibility index (Phi) is 9.78. The number of guanidine groups is 1. The summed E-state index contributed by atoms with van der Waals surface area (Å²) in [7, 11) is 1.64. The summed E-state index contributed by atoms with van der Waals surface area (Å²) in [5.41, 5.74) is 0. The Morgan fingerprint density at radius 2 is 1.77 bits per heavy atom. The molecule has 0 aliphatic carbocycles. The number of amides is 1. The van der Waals surface area contributed by atoms with E-state index in [9.17, 15) is 4.79 Å². The number of carbonyl (C=O) groups is 1. The lowest BCUT2D eigenvalue weighted by molar-refractivity contribution is 0.0657. The van der Waals surface area contributed by atoms with Crippen molar-refractivity contribution < 1.29 is 18.7 Å². The summed E-state index contributed by atoms with van der Waals surface area (Å²) in [4.78, 5) is 21.0. The molecule has 3 rings (SSSR count). The van der Waals surface area contributed by atoms with Crippen molar-refractivity contribution in [3.05, 3.63) is 48.4 Å². The number of piperazine rings is 1. The number of rotatable bonds is 7. The van der Waals surface area contributed by atoms with E-state index >= 15 is 0 Å². The van der Waals surface area contributed by atoms with E-state index in [1.165, 1.54) is 6.26 Å². The van der Waals surface area contributed by atoms with Gasteiger partial charge in [0.1, 0.15) is 18.1 Å². The number of carbonyl (C=O) groups excluding carboxylic acids is 1. The van der Waals surface area contributed by atoms with Gasteiger partial charge in [-0.3, -0.25) is 4.79 Å². The van der Waals surface area contributed by atoms with Gasteiger partial charge in [0.25, 0.3) is 5.91 Å². The van der Waals surface area contributed by atoms with Crippen LogP contribution in [0.2, 0.25) is 0 Å². The van der Waals surface area contributed by atoms with Crippen molar-refractivity contribution in [3.63, 3.8) is 0 Å². The molecule has 1 N–H and O–H groups in total. The minimum Gasteiger partial charge on any atom is -0.497 e. The number of nitrogens with one attached hydrogen (secondary N) is 1. The molecular formula is C21H29IN4O4. The Balaban J connectivity index is 0.00000320. The van der Waals surface area contributed by atoms with E-state index in [0.29, 0.717) is 32.0 Å². The van der Waals surface area contributed by atoms with E-state index in [4.69, 9.17) is 13.9 Å². The molecule has 1 aliphatic heterocycles. The molecule has 0 unspecified atom stereocenters. The van der Waals surface area contributed by atoms with Crippen LogP contribution in [-0.4, -0.2) is 74.7 Å². The van der Waals surface area contributed by atoms with Crippen LogP contribution >= 0.6 is 24.0 Å². The monoisotopic (exact) mass is 528 g/mol. The summed E-state index contributed by atoms with van der Waals surface area (Å²) in [6.07, 6.45) is 1.52. The normalized spacial score (nSPS) is 14.1. The lowest BCUT2D eigenvalue weighted by Gasteiger charge is -2.36. The number of furan rings is 1. The molecule has 8 nitrogen and oxygen atoms in total. The second-order valence-electron chi connectivity index (χ2n) is 6.52. The van der Waals surface area contributed by atoms with Gasteiger partial charge in [-0.05, 0) is 43.3 Å². The highest BCUT2D eigenvalue weighted by molar-refractivity contribution is 14.0. The number of halogens is 1. The molecule has 1 aliphatic rings. The molecule has 1 saturated heterocycles. The van der Waals surface area contributed by atoms with Gasteiger partial charge >= 0.3 is 0 Å². The Bertz CT molecular complexity index is 788. The van der Waals surface area contributed by atoms with Crippen LogP contribution in [0.5, 0.6) is 11.5 Å². The zero-order valence-corrected chi connectivity index (χ0v) is 19.7. The smallest absolute Gasteiger partial charge is 0.289 e. The SMILES string of the molecule is CCNC(=NCCOc1ccc(OC)cc1)N1CCN(C(=O)c2ccco2)CC1.I. The lowest BCUT2D eigenvalue weighted by atomic mass is 10.3. The van der Waals surface area contributed by atoms with E-state index in [-0.39, 0.29) is 29.9 Å². The van der Waals surface area contributed by atoms with Gasteiger partial charge in [-0.15, -0.1) is 24.0 Å². The molecule has 1 aromatic carbocycles. The first-order valence-electron chi connectivity index (χ1n) is 9.84. The van der Waals surface area contributed by atoms with E-state index in [1.54, 1.807) is 19.2 Å². The largest absolute Gasteiger partial charge is 0.497 e. The summed E-state index contributed by atoms with van der Waals surface area (Å²) in [6.45, 7) is 6.55. The van der Waals surface area contributed by atoms with Crippen LogP contribution in [0, 0.1) is 0 Å². The molecule has 1 fully saturated rings. The predicted molar refractivity (Wildman–Crippen MR) is 126 cm³/mol. The van der Waals surface area contributed by atoms with Gasteiger partial charge in [-0.1, -0.05) is 0 Å². The fourth-order valence-corrected chi connectivity index (χ4v) is 3.09. The number of methoxy groups -OCH3 is 1. The van der Waals surface area contributed by atoms with E-state index in [2.05, 4.69) is 15.2 Å². The molecule has 30 heavy (non-hydrogen) atoms. The number of hydrogen-bond donors (Lipinski definition) is 1. The standard InChI is InChI=1S/C21H28N4O4.HI/c1-3-22-21(23-10-16-28-18-8-6-17(27-2)7-9-18)25-13-11-24(12-14-25)20(26)19-5-4-15-29-19;/h4-9,15H,3,10-14,16H2,1-2H3,(H,22,23);1H. The number of hydrogen-bond acceptors (Lipinski definition) is 5. The third-order valence-electron chi connectivity index (χ3n) is 4.61. The van der Waals surface area contributed by atoms with Crippen LogP contribution in [0.4, 0.5) is 0 Å². The highest BCUT2D eigenvalue weighted by atomic mass is 127. The van der Waals surface area contributed by atoms with Crippen LogP contribution in [0.1, 0.15) is 17.5 Å². The molecule has 0 bridgehead atoms. The topological polar surface area (TPSA) is 79.5 Å². The van der Waals surface area contributed by atoms with Crippen LogP contribution in [0.15, 0.2) is 52.1 Å². The van der Waals surface area contributed by atoms with Crippen molar-refractivity contribution in [1.82, 2.24) is 15.1 Å². The molecular weight excluding hydrogens is 499 g/mol. The van der Waals surface area contributed by atoms with Crippen molar-refractivity contribution in [2.24, 2.45) is 4.99 Å². The van der Waals surface area contributed by atoms with Crippen molar-refractivity contribution in [2.45, 2.75) is 6.92 Å². The Morgan fingerprint density at radius 3 is 2.37 bits per heavy atom. The molecule has 2 aromatic rings. The van der Waals surface area contributed by atoms with Crippen LogP contribution in [0.3, 0.4) is 0 Å². The molecule has 0 radical (unpaired) electrons. The van der Waals surface area contributed by atoms with Gasteiger partial charge in [0.2, 0.25) is 0 Å². The molecule has 9 heteroatoms.